The van der Waals surface area contributed by atoms with E-state index in [1.807, 2.05) is 24.3 Å². The summed E-state index contributed by atoms with van der Waals surface area (Å²) in [5.41, 5.74) is 0.701. The van der Waals surface area contributed by atoms with Gasteiger partial charge in [0, 0.05) is 24.1 Å². The van der Waals surface area contributed by atoms with Gasteiger partial charge in [0.1, 0.15) is 5.75 Å². The topological polar surface area (TPSA) is 98.5 Å². The van der Waals surface area contributed by atoms with Crippen molar-refractivity contribution in [1.29, 1.82) is 0 Å². The van der Waals surface area contributed by atoms with Gasteiger partial charge in [-0.15, -0.1) is 0 Å². The van der Waals surface area contributed by atoms with E-state index >= 15 is 0 Å². The van der Waals surface area contributed by atoms with Crippen LogP contribution in [0.25, 0.3) is 0 Å². The number of methoxy groups -OCH3 is 1. The number of hydrogen-bond donors (Lipinski definition) is 1. The Hall–Kier alpha value is -2.45. The zero-order valence-electron chi connectivity index (χ0n) is 15.1. The number of nitro groups is 1. The summed E-state index contributed by atoms with van der Waals surface area (Å²) in [7, 11) is -2.14. The van der Waals surface area contributed by atoms with Gasteiger partial charge in [-0.3, -0.25) is 10.1 Å². The first-order valence-corrected chi connectivity index (χ1v) is 10.2. The van der Waals surface area contributed by atoms with Gasteiger partial charge in [0.25, 0.3) is 5.69 Å². The first-order valence-electron chi connectivity index (χ1n) is 8.75. The van der Waals surface area contributed by atoms with E-state index < -0.39 is 14.9 Å². The highest BCUT2D eigenvalue weighted by Crippen LogP contribution is 2.41. The summed E-state index contributed by atoms with van der Waals surface area (Å²) >= 11 is 0. The molecule has 1 fully saturated rings. The van der Waals surface area contributed by atoms with Crippen molar-refractivity contribution >= 4 is 15.7 Å². The third-order valence-corrected chi connectivity index (χ3v) is 6.64. The fraction of sp³-hybridized carbons (Fsp3) is 0.368. The van der Waals surface area contributed by atoms with Crippen LogP contribution < -0.4 is 9.46 Å². The van der Waals surface area contributed by atoms with Crippen LogP contribution in [0.4, 0.5) is 5.69 Å². The summed E-state index contributed by atoms with van der Waals surface area (Å²) in [6, 6.07) is 12.7. The maximum atomic E-state index is 12.6. The van der Waals surface area contributed by atoms with Crippen LogP contribution in [0, 0.1) is 10.1 Å². The van der Waals surface area contributed by atoms with Crippen LogP contribution in [-0.4, -0.2) is 27.0 Å². The van der Waals surface area contributed by atoms with Crippen LogP contribution in [0.2, 0.25) is 0 Å². The number of hydrogen-bond acceptors (Lipinski definition) is 5. The largest absolute Gasteiger partial charge is 0.497 e. The van der Waals surface area contributed by atoms with E-state index in [0.717, 1.165) is 37.0 Å². The molecule has 0 aliphatic heterocycles. The van der Waals surface area contributed by atoms with Gasteiger partial charge in [-0.1, -0.05) is 25.0 Å². The molecule has 3 rings (SSSR count). The monoisotopic (exact) mass is 390 g/mol. The Morgan fingerprint density at radius 2 is 1.67 bits per heavy atom. The minimum atomic E-state index is -3.75. The van der Waals surface area contributed by atoms with E-state index in [9.17, 15) is 18.5 Å². The van der Waals surface area contributed by atoms with E-state index in [1.165, 1.54) is 24.3 Å². The average molecular weight is 390 g/mol. The smallest absolute Gasteiger partial charge is 0.269 e. The Labute approximate surface area is 158 Å². The second-order valence-electron chi connectivity index (χ2n) is 6.79. The van der Waals surface area contributed by atoms with Crippen molar-refractivity contribution in [3.05, 3.63) is 64.2 Å². The zero-order chi connectivity index (χ0) is 19.5. The van der Waals surface area contributed by atoms with Gasteiger partial charge < -0.3 is 4.74 Å². The molecule has 1 saturated carbocycles. The van der Waals surface area contributed by atoms with Gasteiger partial charge in [0.05, 0.1) is 16.9 Å². The molecule has 2 aromatic rings. The Kier molecular flexibility index (Phi) is 5.48. The summed E-state index contributed by atoms with van der Waals surface area (Å²) in [4.78, 5) is 10.2. The van der Waals surface area contributed by atoms with E-state index in [2.05, 4.69) is 4.72 Å². The van der Waals surface area contributed by atoms with Crippen molar-refractivity contribution < 1.29 is 18.1 Å². The molecule has 7 nitrogen and oxygen atoms in total. The van der Waals surface area contributed by atoms with Crippen molar-refractivity contribution in [3.63, 3.8) is 0 Å². The van der Waals surface area contributed by atoms with E-state index in [1.54, 1.807) is 7.11 Å². The third-order valence-electron chi connectivity index (χ3n) is 5.22. The number of nitro benzene ring substituents is 1. The average Bonchev–Trinajstić information content (AvgIpc) is 3.17. The van der Waals surface area contributed by atoms with Crippen LogP contribution in [0.5, 0.6) is 5.75 Å². The minimum absolute atomic E-state index is 0.0241. The lowest BCUT2D eigenvalue weighted by atomic mass is 9.79. The normalized spacial score (nSPS) is 16.2. The molecule has 0 atom stereocenters. The SMILES string of the molecule is COc1ccc(C2(CNS(=O)(=O)c3ccc([N+](=O)[O-])cc3)CCCC2)cc1. The number of sulfonamides is 1. The van der Waals surface area contributed by atoms with Crippen LogP contribution in [-0.2, 0) is 15.4 Å². The maximum Gasteiger partial charge on any atom is 0.269 e. The lowest BCUT2D eigenvalue weighted by Crippen LogP contribution is -2.39. The van der Waals surface area contributed by atoms with Gasteiger partial charge in [0.2, 0.25) is 10.0 Å². The van der Waals surface area contributed by atoms with Crippen molar-refractivity contribution in [2.75, 3.05) is 13.7 Å². The predicted octanol–water partition coefficient (Wildman–Crippen LogP) is 3.39. The lowest BCUT2D eigenvalue weighted by molar-refractivity contribution is -0.384. The van der Waals surface area contributed by atoms with Crippen molar-refractivity contribution in [2.45, 2.75) is 36.0 Å². The van der Waals surface area contributed by atoms with Gasteiger partial charge in [-0.25, -0.2) is 13.1 Å². The highest BCUT2D eigenvalue weighted by Gasteiger charge is 2.36. The van der Waals surface area contributed by atoms with E-state index in [0.29, 0.717) is 6.54 Å². The number of nitrogens with zero attached hydrogens (tertiary/aromatic N) is 1. The fourth-order valence-electron chi connectivity index (χ4n) is 3.63. The first-order chi connectivity index (χ1) is 12.9. The Balaban J connectivity index is 1.79. The van der Waals surface area contributed by atoms with Gasteiger partial charge in [-0.05, 0) is 42.7 Å². The summed E-state index contributed by atoms with van der Waals surface area (Å²) in [5, 5.41) is 10.7. The number of non-ortho nitro benzene ring substituents is 1. The summed E-state index contributed by atoms with van der Waals surface area (Å²) in [5.74, 6) is 0.762. The standard InChI is InChI=1S/C19H22N2O5S/c1-26-17-8-4-15(5-9-17)19(12-2-3-13-19)14-20-27(24,25)18-10-6-16(7-11-18)21(22)23/h4-11,20H,2-3,12-14H2,1H3. The fourth-order valence-corrected chi connectivity index (χ4v) is 4.75. The molecule has 0 spiro atoms. The molecule has 1 N–H and O–H groups in total. The molecule has 0 unspecified atom stereocenters. The Bertz CT molecular complexity index is 902. The molecule has 8 heteroatoms. The van der Waals surface area contributed by atoms with Crippen LogP contribution in [0.15, 0.2) is 53.4 Å². The molecule has 1 aliphatic rings. The molecule has 0 aromatic heterocycles. The number of rotatable bonds is 7. The minimum Gasteiger partial charge on any atom is -0.497 e. The van der Waals surface area contributed by atoms with Gasteiger partial charge >= 0.3 is 0 Å². The van der Waals surface area contributed by atoms with Crippen molar-refractivity contribution in [3.8, 4) is 5.75 Å². The molecule has 0 amide bonds. The van der Waals surface area contributed by atoms with E-state index in [4.69, 9.17) is 4.74 Å². The highest BCUT2D eigenvalue weighted by atomic mass is 32.2. The lowest BCUT2D eigenvalue weighted by Gasteiger charge is -2.30. The van der Waals surface area contributed by atoms with Crippen LogP contribution in [0.3, 0.4) is 0 Å². The summed E-state index contributed by atoms with van der Waals surface area (Å²) in [6.07, 6.45) is 3.90. The molecule has 0 bridgehead atoms. The summed E-state index contributed by atoms with van der Waals surface area (Å²) in [6.45, 7) is 0.290. The van der Waals surface area contributed by atoms with Crippen LogP contribution in [0.1, 0.15) is 31.2 Å². The number of benzene rings is 2. The molecule has 144 valence electrons. The van der Waals surface area contributed by atoms with Crippen LogP contribution >= 0.6 is 0 Å². The molecule has 27 heavy (non-hydrogen) atoms. The quantitative estimate of drug-likeness (QED) is 0.577. The third kappa shape index (κ3) is 4.12. The number of nitrogens with one attached hydrogen (secondary N) is 1. The predicted molar refractivity (Wildman–Crippen MR) is 101 cm³/mol. The molecule has 1 aliphatic carbocycles. The Morgan fingerprint density at radius 3 is 2.19 bits per heavy atom. The summed E-state index contributed by atoms with van der Waals surface area (Å²) < 4.78 is 33.2. The van der Waals surface area contributed by atoms with Crippen molar-refractivity contribution in [2.24, 2.45) is 0 Å². The van der Waals surface area contributed by atoms with E-state index in [-0.39, 0.29) is 16.0 Å². The Morgan fingerprint density at radius 1 is 1.07 bits per heavy atom. The first kappa shape index (κ1) is 19.3. The molecule has 2 aromatic carbocycles. The molecule has 0 radical (unpaired) electrons. The zero-order valence-corrected chi connectivity index (χ0v) is 15.9. The van der Waals surface area contributed by atoms with Crippen molar-refractivity contribution in [1.82, 2.24) is 4.72 Å². The highest BCUT2D eigenvalue weighted by molar-refractivity contribution is 7.89. The molecular weight excluding hydrogens is 368 g/mol. The van der Waals surface area contributed by atoms with Gasteiger partial charge in [0.15, 0.2) is 0 Å². The second-order valence-corrected chi connectivity index (χ2v) is 8.56. The molecular formula is C19H22N2O5S. The number of ether oxygens (including phenoxy) is 1. The second kappa shape index (κ2) is 7.66. The maximum absolute atomic E-state index is 12.6. The molecule has 0 heterocycles. The molecule has 0 saturated heterocycles. The van der Waals surface area contributed by atoms with Gasteiger partial charge in [-0.2, -0.15) is 0 Å².